The van der Waals surface area contributed by atoms with Crippen molar-refractivity contribution in [2.75, 3.05) is 20.4 Å². The first-order valence-electron chi connectivity index (χ1n) is 13.8. The van der Waals surface area contributed by atoms with Crippen LogP contribution in [0.15, 0.2) is 28.5 Å². The van der Waals surface area contributed by atoms with E-state index in [0.29, 0.717) is 35.5 Å². The molecule has 0 saturated carbocycles. The number of carbonyl (C=O) groups excluding carboxylic acids is 2. The maximum Gasteiger partial charge on any atom is 0.222 e. The molecule has 1 aliphatic carbocycles. The van der Waals surface area contributed by atoms with Crippen molar-refractivity contribution in [2.24, 2.45) is 5.92 Å². The molecule has 1 amide bonds. The SMILES string of the molecule is CC1=C2OCOC2C2=C(CC3[C@H]4c5c(cc(C)c(C)c5O)C[C@H]([C@H](C#N)N3[C@H]2CNC(=O)C(C)C)N4C)C1=O. The highest BCUT2D eigenvalue weighted by Gasteiger charge is 2.58. The summed E-state index contributed by atoms with van der Waals surface area (Å²) >= 11 is 0. The highest BCUT2D eigenvalue weighted by molar-refractivity contribution is 6.10. The number of likely N-dealkylation sites (N-methyl/N-ethyl adjacent to an activating group) is 1. The number of piperazine rings is 1. The molecule has 6 atom stereocenters. The predicted octanol–water partition coefficient (Wildman–Crippen LogP) is 2.55. The number of aromatic hydroxyl groups is 1. The van der Waals surface area contributed by atoms with Gasteiger partial charge in [0.15, 0.2) is 12.6 Å². The maximum atomic E-state index is 13.8. The van der Waals surface area contributed by atoms with Gasteiger partial charge in [0.2, 0.25) is 5.91 Å². The fraction of sp³-hybridized carbons (Fsp3) is 0.567. The first-order chi connectivity index (χ1) is 18.6. The van der Waals surface area contributed by atoms with Crippen LogP contribution in [0.5, 0.6) is 5.75 Å². The van der Waals surface area contributed by atoms with E-state index in [1.165, 1.54) is 0 Å². The topological polar surface area (TPSA) is 115 Å². The largest absolute Gasteiger partial charge is 0.507 e. The fourth-order valence-electron chi connectivity index (χ4n) is 7.48. The third-order valence-electron chi connectivity index (χ3n) is 9.62. The molecule has 4 aliphatic heterocycles. The van der Waals surface area contributed by atoms with E-state index in [-0.39, 0.29) is 49.1 Å². The predicted molar refractivity (Wildman–Crippen MR) is 142 cm³/mol. The lowest BCUT2D eigenvalue weighted by Crippen LogP contribution is -2.71. The van der Waals surface area contributed by atoms with Crippen LogP contribution in [0, 0.1) is 31.1 Å². The van der Waals surface area contributed by atoms with Gasteiger partial charge in [0.05, 0.1) is 18.2 Å². The number of phenols is 1. The minimum Gasteiger partial charge on any atom is -0.507 e. The molecule has 0 aromatic heterocycles. The van der Waals surface area contributed by atoms with Gasteiger partial charge in [-0.05, 0) is 62.9 Å². The summed E-state index contributed by atoms with van der Waals surface area (Å²) in [5.41, 5.74) is 5.84. The Morgan fingerprint density at radius 1 is 1.26 bits per heavy atom. The van der Waals surface area contributed by atoms with Crippen molar-refractivity contribution >= 4 is 11.7 Å². The van der Waals surface area contributed by atoms with Crippen LogP contribution in [0.3, 0.4) is 0 Å². The summed E-state index contributed by atoms with van der Waals surface area (Å²) in [7, 11) is 2.02. The number of hydrogen-bond donors (Lipinski definition) is 2. The van der Waals surface area contributed by atoms with Crippen LogP contribution < -0.4 is 5.32 Å². The molecule has 0 spiro atoms. The molecule has 6 rings (SSSR count). The molecular weight excluding hydrogens is 496 g/mol. The molecular formula is C30H36N4O5. The number of benzene rings is 1. The molecule has 1 aromatic carbocycles. The number of ketones is 1. The van der Waals surface area contributed by atoms with E-state index in [1.54, 1.807) is 6.92 Å². The molecule has 2 bridgehead atoms. The molecule has 39 heavy (non-hydrogen) atoms. The van der Waals surface area contributed by atoms with Crippen molar-refractivity contribution in [3.63, 3.8) is 0 Å². The summed E-state index contributed by atoms with van der Waals surface area (Å²) in [4.78, 5) is 31.0. The Hall–Kier alpha value is -3.19. The molecule has 2 N–H and O–H groups in total. The number of nitriles is 1. The number of rotatable bonds is 3. The van der Waals surface area contributed by atoms with Crippen molar-refractivity contribution < 1.29 is 24.2 Å². The lowest BCUT2D eigenvalue weighted by molar-refractivity contribution is -0.124. The molecule has 4 heterocycles. The van der Waals surface area contributed by atoms with E-state index in [9.17, 15) is 20.0 Å². The van der Waals surface area contributed by atoms with Gasteiger partial charge in [-0.3, -0.25) is 19.4 Å². The van der Waals surface area contributed by atoms with Crippen molar-refractivity contribution in [3.05, 3.63) is 50.8 Å². The van der Waals surface area contributed by atoms with Gasteiger partial charge in [-0.1, -0.05) is 19.9 Å². The van der Waals surface area contributed by atoms with Crippen LogP contribution >= 0.6 is 0 Å². The highest BCUT2D eigenvalue weighted by Crippen LogP contribution is 2.53. The number of aryl methyl sites for hydroxylation is 1. The molecule has 2 saturated heterocycles. The number of nitrogens with one attached hydrogen (secondary N) is 1. The quantitative estimate of drug-likeness (QED) is 0.611. The monoisotopic (exact) mass is 532 g/mol. The van der Waals surface area contributed by atoms with Gasteiger partial charge >= 0.3 is 0 Å². The smallest absolute Gasteiger partial charge is 0.222 e. The van der Waals surface area contributed by atoms with E-state index in [0.717, 1.165) is 27.8 Å². The van der Waals surface area contributed by atoms with Gasteiger partial charge in [-0.15, -0.1) is 0 Å². The summed E-state index contributed by atoms with van der Waals surface area (Å²) in [5.74, 6) is 0.465. The average molecular weight is 533 g/mol. The third kappa shape index (κ3) is 3.62. The zero-order valence-corrected chi connectivity index (χ0v) is 23.4. The number of allylic oxidation sites excluding steroid dienone is 1. The van der Waals surface area contributed by atoms with Gasteiger partial charge in [-0.2, -0.15) is 5.26 Å². The number of Topliss-reactive ketones (excluding diaryl/α,β-unsaturated/α-hetero) is 1. The normalized spacial score (nSPS) is 31.8. The molecule has 5 aliphatic rings. The number of fused-ring (bicyclic) bond motifs is 8. The van der Waals surface area contributed by atoms with Crippen molar-refractivity contribution in [1.82, 2.24) is 15.1 Å². The van der Waals surface area contributed by atoms with E-state index in [2.05, 4.69) is 27.3 Å². The summed E-state index contributed by atoms with van der Waals surface area (Å²) < 4.78 is 11.8. The van der Waals surface area contributed by atoms with E-state index in [1.807, 2.05) is 34.7 Å². The van der Waals surface area contributed by atoms with Crippen molar-refractivity contribution in [1.29, 1.82) is 5.26 Å². The van der Waals surface area contributed by atoms with Crippen LogP contribution in [-0.2, 0) is 25.5 Å². The number of nitrogens with zero attached hydrogens (tertiary/aromatic N) is 3. The Labute approximate surface area is 229 Å². The lowest BCUT2D eigenvalue weighted by Gasteiger charge is -2.60. The van der Waals surface area contributed by atoms with Crippen LogP contribution in [0.4, 0.5) is 0 Å². The van der Waals surface area contributed by atoms with E-state index in [4.69, 9.17) is 9.47 Å². The van der Waals surface area contributed by atoms with Crippen LogP contribution in [-0.4, -0.2) is 77.3 Å². The lowest BCUT2D eigenvalue weighted by atomic mass is 9.69. The maximum absolute atomic E-state index is 13.8. The zero-order valence-electron chi connectivity index (χ0n) is 23.4. The van der Waals surface area contributed by atoms with E-state index < -0.39 is 18.2 Å². The van der Waals surface area contributed by atoms with Gasteiger partial charge in [0, 0.05) is 41.3 Å². The Balaban J connectivity index is 1.54. The van der Waals surface area contributed by atoms with Crippen LogP contribution in [0.25, 0.3) is 0 Å². The number of hydrogen-bond acceptors (Lipinski definition) is 8. The number of carbonyl (C=O) groups is 2. The summed E-state index contributed by atoms with van der Waals surface area (Å²) in [6, 6.07) is 3.21. The number of phenolic OH excluding ortho intramolecular Hbond substituents is 1. The Kier molecular flexibility index (Phi) is 6.14. The van der Waals surface area contributed by atoms with Gasteiger partial charge in [-0.25, -0.2) is 0 Å². The minimum atomic E-state index is -0.510. The Morgan fingerprint density at radius 3 is 2.69 bits per heavy atom. The summed E-state index contributed by atoms with van der Waals surface area (Å²) in [6.45, 7) is 9.70. The summed E-state index contributed by atoms with van der Waals surface area (Å²) in [5, 5.41) is 25.1. The van der Waals surface area contributed by atoms with Gasteiger partial charge in [0.25, 0.3) is 0 Å². The second-order valence-electron chi connectivity index (χ2n) is 11.9. The molecule has 2 unspecified atom stereocenters. The Morgan fingerprint density at radius 2 is 2.00 bits per heavy atom. The van der Waals surface area contributed by atoms with E-state index >= 15 is 0 Å². The van der Waals surface area contributed by atoms with Gasteiger partial charge < -0.3 is 19.9 Å². The second-order valence-corrected chi connectivity index (χ2v) is 11.9. The zero-order chi connectivity index (χ0) is 27.9. The number of amides is 1. The second kappa shape index (κ2) is 9.19. The first-order valence-corrected chi connectivity index (χ1v) is 13.8. The molecule has 0 radical (unpaired) electrons. The highest BCUT2D eigenvalue weighted by atomic mass is 16.7. The number of ether oxygens (including phenoxy) is 2. The standard InChI is InChI=1S/C30H36N4O5/c1-13(2)30(37)32-11-22-24-18(26(35)16(5)28-29(24)39-12-38-28)9-20-25-23-17(7-14(3)15(4)27(23)36)8-19(33(25)6)21(10-31)34(20)22/h7,13,19-22,25,29,36H,8-9,11-12H2,1-6H3,(H,32,37)/t19-,20?,21+,22+,25+,29?/m1/s1. The van der Waals surface area contributed by atoms with Crippen LogP contribution in [0.1, 0.15) is 55.5 Å². The molecule has 9 nitrogen and oxygen atoms in total. The van der Waals surface area contributed by atoms with Crippen molar-refractivity contribution in [2.45, 2.75) is 83.8 Å². The first kappa shape index (κ1) is 26.1. The molecule has 206 valence electrons. The Bertz CT molecular complexity index is 1390. The third-order valence-corrected chi connectivity index (χ3v) is 9.62. The summed E-state index contributed by atoms with van der Waals surface area (Å²) in [6.07, 6.45) is 0.532. The molecule has 9 heteroatoms. The molecule has 2 fully saturated rings. The van der Waals surface area contributed by atoms with Crippen molar-refractivity contribution in [3.8, 4) is 11.8 Å². The van der Waals surface area contributed by atoms with Gasteiger partial charge in [0.1, 0.15) is 23.7 Å². The minimum absolute atomic E-state index is 0.0610. The van der Waals surface area contributed by atoms with Crippen LogP contribution in [0.2, 0.25) is 0 Å². The fourth-order valence-corrected chi connectivity index (χ4v) is 7.48. The average Bonchev–Trinajstić information content (AvgIpc) is 3.39. The molecule has 1 aromatic rings.